The number of allylic oxidation sites excluding steroid dienone is 1. The summed E-state index contributed by atoms with van der Waals surface area (Å²) in [6, 6.07) is 4.57. The van der Waals surface area contributed by atoms with Crippen LogP contribution < -0.4 is 5.32 Å². The van der Waals surface area contributed by atoms with Gasteiger partial charge in [0.05, 0.1) is 10.6 Å². The summed E-state index contributed by atoms with van der Waals surface area (Å²) >= 11 is 17.7. The van der Waals surface area contributed by atoms with Gasteiger partial charge < -0.3 is 10.1 Å². The molecule has 0 atom stereocenters. The van der Waals surface area contributed by atoms with Gasteiger partial charge in [-0.25, -0.2) is 4.79 Å². The van der Waals surface area contributed by atoms with Gasteiger partial charge in [0.1, 0.15) is 10.9 Å². The highest BCUT2D eigenvalue weighted by Crippen LogP contribution is 2.24. The van der Waals surface area contributed by atoms with Crippen molar-refractivity contribution in [1.29, 1.82) is 0 Å². The van der Waals surface area contributed by atoms with Gasteiger partial charge in [-0.1, -0.05) is 48.7 Å². The maximum atomic E-state index is 12.0. The Bertz CT molecular complexity index is 515. The summed E-state index contributed by atoms with van der Waals surface area (Å²) < 4.78 is 5.29. The van der Waals surface area contributed by atoms with Gasteiger partial charge >= 0.3 is 5.97 Å². The SMILES string of the molecule is CNC(Cl)=C(OC(=O)c1ccc(Cl)cc1Cl)C(C)C.Cl. The summed E-state index contributed by atoms with van der Waals surface area (Å²) in [7, 11) is 1.65. The first-order valence-electron chi connectivity index (χ1n) is 5.61. The zero-order valence-electron chi connectivity index (χ0n) is 11.2. The Labute approximate surface area is 139 Å². The Balaban J connectivity index is 0.00000361. The van der Waals surface area contributed by atoms with Crippen molar-refractivity contribution in [2.45, 2.75) is 13.8 Å². The van der Waals surface area contributed by atoms with E-state index in [0.717, 1.165) is 0 Å². The molecule has 0 spiro atoms. The minimum Gasteiger partial charge on any atom is -0.424 e. The largest absolute Gasteiger partial charge is 0.424 e. The highest BCUT2D eigenvalue weighted by molar-refractivity contribution is 6.36. The Morgan fingerprint density at radius 1 is 1.30 bits per heavy atom. The van der Waals surface area contributed by atoms with Crippen LogP contribution in [0, 0.1) is 5.92 Å². The van der Waals surface area contributed by atoms with E-state index in [9.17, 15) is 4.79 Å². The first-order chi connectivity index (χ1) is 8.86. The predicted octanol–water partition coefficient (Wildman–Crippen LogP) is 4.86. The lowest BCUT2D eigenvalue weighted by Gasteiger charge is -2.14. The second-order valence-electron chi connectivity index (χ2n) is 4.10. The first-order valence-corrected chi connectivity index (χ1v) is 6.74. The number of carbonyl (C=O) groups is 1. The summed E-state index contributed by atoms with van der Waals surface area (Å²) in [5.74, 6) is -0.256. The molecule has 112 valence electrons. The van der Waals surface area contributed by atoms with E-state index in [-0.39, 0.29) is 34.1 Å². The summed E-state index contributed by atoms with van der Waals surface area (Å²) in [6.45, 7) is 3.73. The van der Waals surface area contributed by atoms with E-state index in [4.69, 9.17) is 39.5 Å². The van der Waals surface area contributed by atoms with Crippen LogP contribution in [0.2, 0.25) is 10.0 Å². The van der Waals surface area contributed by atoms with Gasteiger partial charge in [-0.15, -0.1) is 12.4 Å². The van der Waals surface area contributed by atoms with Crippen molar-refractivity contribution in [1.82, 2.24) is 5.32 Å². The zero-order valence-corrected chi connectivity index (χ0v) is 14.3. The monoisotopic (exact) mass is 357 g/mol. The minimum atomic E-state index is -0.571. The number of ether oxygens (including phenoxy) is 1. The normalized spacial score (nSPS) is 11.6. The topological polar surface area (TPSA) is 38.3 Å². The smallest absolute Gasteiger partial charge is 0.344 e. The Morgan fingerprint density at radius 3 is 2.35 bits per heavy atom. The molecule has 0 radical (unpaired) electrons. The van der Waals surface area contributed by atoms with Crippen molar-refractivity contribution < 1.29 is 9.53 Å². The number of nitrogens with one attached hydrogen (secondary N) is 1. The molecule has 7 heteroatoms. The van der Waals surface area contributed by atoms with E-state index in [1.165, 1.54) is 12.1 Å². The lowest BCUT2D eigenvalue weighted by molar-refractivity contribution is 0.0592. The van der Waals surface area contributed by atoms with Gasteiger partial charge in [0.15, 0.2) is 0 Å². The van der Waals surface area contributed by atoms with Gasteiger partial charge in [-0.3, -0.25) is 0 Å². The van der Waals surface area contributed by atoms with Crippen molar-refractivity contribution in [2.24, 2.45) is 5.92 Å². The molecule has 3 nitrogen and oxygen atoms in total. The van der Waals surface area contributed by atoms with Crippen molar-refractivity contribution in [2.75, 3.05) is 7.05 Å². The Morgan fingerprint density at radius 2 is 1.90 bits per heavy atom. The summed E-state index contributed by atoms with van der Waals surface area (Å²) in [5, 5.41) is 3.72. The molecule has 0 saturated heterocycles. The Hall–Kier alpha value is -0.610. The summed E-state index contributed by atoms with van der Waals surface area (Å²) in [6.07, 6.45) is 0. The van der Waals surface area contributed by atoms with Gasteiger partial charge in [0, 0.05) is 18.0 Å². The molecule has 0 bridgehead atoms. The minimum absolute atomic E-state index is 0. The van der Waals surface area contributed by atoms with Crippen molar-refractivity contribution in [3.63, 3.8) is 0 Å². The molecular weight excluding hydrogens is 344 g/mol. The average molecular weight is 359 g/mol. The van der Waals surface area contributed by atoms with Crippen molar-refractivity contribution in [3.8, 4) is 0 Å². The van der Waals surface area contributed by atoms with Crippen LogP contribution in [0.3, 0.4) is 0 Å². The fraction of sp³-hybridized carbons (Fsp3) is 0.308. The van der Waals surface area contributed by atoms with E-state index < -0.39 is 5.97 Å². The molecule has 1 aromatic rings. The van der Waals surface area contributed by atoms with Crippen molar-refractivity contribution >= 4 is 53.2 Å². The van der Waals surface area contributed by atoms with Crippen LogP contribution in [0.5, 0.6) is 0 Å². The molecule has 0 aliphatic rings. The molecule has 0 aliphatic carbocycles. The molecule has 0 fully saturated rings. The molecule has 0 heterocycles. The number of carbonyl (C=O) groups excluding carboxylic acids is 1. The molecule has 0 aromatic heterocycles. The van der Waals surface area contributed by atoms with E-state index in [0.29, 0.717) is 10.8 Å². The van der Waals surface area contributed by atoms with Crippen LogP contribution in [0.15, 0.2) is 29.1 Å². The summed E-state index contributed by atoms with van der Waals surface area (Å²) in [5.41, 5.74) is 0.241. The molecule has 0 amide bonds. The average Bonchev–Trinajstić information content (AvgIpc) is 2.34. The second-order valence-corrected chi connectivity index (χ2v) is 5.32. The van der Waals surface area contributed by atoms with Crippen LogP contribution in [0.4, 0.5) is 0 Å². The maximum Gasteiger partial charge on any atom is 0.344 e. The maximum absolute atomic E-state index is 12.0. The highest BCUT2D eigenvalue weighted by atomic mass is 35.5. The van der Waals surface area contributed by atoms with Crippen LogP contribution in [0.1, 0.15) is 24.2 Å². The van der Waals surface area contributed by atoms with Crippen LogP contribution >= 0.6 is 47.2 Å². The van der Waals surface area contributed by atoms with Crippen LogP contribution in [-0.2, 0) is 4.74 Å². The molecule has 20 heavy (non-hydrogen) atoms. The van der Waals surface area contributed by atoms with Gasteiger partial charge in [0.2, 0.25) is 0 Å². The van der Waals surface area contributed by atoms with Gasteiger partial charge in [0.25, 0.3) is 0 Å². The number of esters is 1. The standard InChI is InChI=1S/C13H14Cl3NO2.ClH/c1-7(2)11(12(16)17-3)19-13(18)9-5-4-8(14)6-10(9)15;/h4-7,17H,1-3H3;1H. The molecule has 0 saturated carbocycles. The van der Waals surface area contributed by atoms with E-state index in [2.05, 4.69) is 5.32 Å². The quantitative estimate of drug-likeness (QED) is 0.474. The number of halogens is 4. The van der Waals surface area contributed by atoms with Crippen LogP contribution in [-0.4, -0.2) is 13.0 Å². The predicted molar refractivity (Wildman–Crippen MR) is 85.9 cm³/mol. The third-order valence-electron chi connectivity index (χ3n) is 2.31. The summed E-state index contributed by atoms with van der Waals surface area (Å²) in [4.78, 5) is 12.0. The molecule has 1 N–H and O–H groups in total. The molecule has 0 aliphatic heterocycles. The fourth-order valence-electron chi connectivity index (χ4n) is 1.35. The third-order valence-corrected chi connectivity index (χ3v) is 3.24. The molecule has 0 unspecified atom stereocenters. The van der Waals surface area contributed by atoms with Crippen molar-refractivity contribution in [3.05, 3.63) is 44.7 Å². The first kappa shape index (κ1) is 19.4. The van der Waals surface area contributed by atoms with Gasteiger partial charge in [-0.2, -0.15) is 0 Å². The lowest BCUT2D eigenvalue weighted by atomic mass is 10.2. The molecule has 1 rings (SSSR count). The number of rotatable bonds is 4. The number of benzene rings is 1. The van der Waals surface area contributed by atoms with Gasteiger partial charge in [-0.05, 0) is 18.2 Å². The zero-order chi connectivity index (χ0) is 14.6. The number of hydrogen-bond acceptors (Lipinski definition) is 3. The van der Waals surface area contributed by atoms with E-state index in [1.807, 2.05) is 13.8 Å². The highest BCUT2D eigenvalue weighted by Gasteiger charge is 2.18. The van der Waals surface area contributed by atoms with E-state index in [1.54, 1.807) is 13.1 Å². The lowest BCUT2D eigenvalue weighted by Crippen LogP contribution is -2.14. The fourth-order valence-corrected chi connectivity index (χ4v) is 2.09. The Kier molecular flexibility index (Phi) is 8.36. The van der Waals surface area contributed by atoms with E-state index >= 15 is 0 Å². The molecule has 1 aromatic carbocycles. The third kappa shape index (κ3) is 5.06. The number of hydrogen-bond donors (Lipinski definition) is 1. The van der Waals surface area contributed by atoms with Crippen LogP contribution in [0.25, 0.3) is 0 Å². The second kappa shape index (κ2) is 8.63. The molecular formula is C13H15Cl4NO2.